The van der Waals surface area contributed by atoms with Crippen LogP contribution >= 0.6 is 22.7 Å². The number of benzene rings is 3. The Morgan fingerprint density at radius 1 is 0.562 bits per heavy atom. The molecule has 0 saturated carbocycles. The normalized spacial score (nSPS) is 13.3. The lowest BCUT2D eigenvalue weighted by Gasteiger charge is -2.33. The Morgan fingerprint density at radius 3 is 1.77 bits per heavy atom. The highest BCUT2D eigenvalue weighted by Crippen LogP contribution is 2.55. The summed E-state index contributed by atoms with van der Waals surface area (Å²) in [7, 11) is 0. The summed E-state index contributed by atoms with van der Waals surface area (Å²) in [6.07, 6.45) is 24.1. The van der Waals surface area contributed by atoms with Crippen LogP contribution in [0.3, 0.4) is 0 Å². The molecule has 0 bridgehead atoms. The van der Waals surface area contributed by atoms with Gasteiger partial charge in [-0.1, -0.05) is 147 Å². The van der Waals surface area contributed by atoms with Crippen molar-refractivity contribution in [2.75, 3.05) is 5.73 Å². The number of hydrogen-bond donors (Lipinski definition) is 1. The number of nitrogens with zero attached hydrogens (tertiary/aromatic N) is 1. The lowest BCUT2D eigenvalue weighted by Crippen LogP contribution is -2.25. The Bertz CT molecular complexity index is 1690. The Kier molecular flexibility index (Phi) is 12.4. The lowest BCUT2D eigenvalue weighted by molar-refractivity contribution is 0.397. The maximum absolute atomic E-state index is 6.56. The highest BCUT2D eigenvalue weighted by Gasteiger charge is 2.42. The average Bonchev–Trinajstić information content (AvgIpc) is 3.83. The van der Waals surface area contributed by atoms with Gasteiger partial charge in [0.1, 0.15) is 5.01 Å². The van der Waals surface area contributed by atoms with Gasteiger partial charge in [0.05, 0.1) is 15.1 Å². The average molecular weight is 677 g/mol. The molecule has 254 valence electrons. The zero-order chi connectivity index (χ0) is 33.2. The van der Waals surface area contributed by atoms with Crippen LogP contribution in [0.2, 0.25) is 0 Å². The number of fused-ring (bicyclic) bond motifs is 4. The summed E-state index contributed by atoms with van der Waals surface area (Å²) in [6.45, 7) is 4.61. The number of thiazole rings is 1. The van der Waals surface area contributed by atoms with Gasteiger partial charge in [0.15, 0.2) is 0 Å². The first-order valence-corrected chi connectivity index (χ1v) is 20.8. The molecule has 0 radical (unpaired) electrons. The summed E-state index contributed by atoms with van der Waals surface area (Å²) in [4.78, 5) is 7.55. The number of thiophene rings is 1. The van der Waals surface area contributed by atoms with E-state index in [2.05, 4.69) is 86.6 Å². The molecule has 6 rings (SSSR count). The summed E-state index contributed by atoms with van der Waals surface area (Å²) in [5.41, 5.74) is 15.8. The second-order valence-corrected chi connectivity index (χ2v) is 16.4. The standard InChI is InChI=1S/C44H56N2S2/c1-3-5-7-9-11-13-15-19-29-44(30-20-16-14-12-10-8-6-4-2)37-31-33(23-25-35(37)36-26-24-34(45)32-38(36)44)40-27-28-42(47-40)43-46-39-21-17-18-22-41(39)48-43/h17-18,21-28,31-32H,3-16,19-20,29-30,45H2,1-2H3. The van der Waals surface area contributed by atoms with Crippen molar-refractivity contribution in [1.82, 2.24) is 4.98 Å². The van der Waals surface area contributed by atoms with Crippen LogP contribution in [0.15, 0.2) is 72.8 Å². The maximum atomic E-state index is 6.56. The molecule has 4 heteroatoms. The van der Waals surface area contributed by atoms with Crippen molar-refractivity contribution in [3.8, 4) is 31.5 Å². The van der Waals surface area contributed by atoms with Crippen LogP contribution in [0.5, 0.6) is 0 Å². The first-order chi connectivity index (χ1) is 23.6. The van der Waals surface area contributed by atoms with E-state index in [1.54, 1.807) is 16.9 Å². The van der Waals surface area contributed by atoms with E-state index < -0.39 is 0 Å². The third-order valence-electron chi connectivity index (χ3n) is 10.7. The molecule has 0 unspecified atom stereocenters. The quantitative estimate of drug-likeness (QED) is 0.0658. The molecule has 0 aliphatic heterocycles. The van der Waals surface area contributed by atoms with Crippen molar-refractivity contribution in [3.63, 3.8) is 0 Å². The topological polar surface area (TPSA) is 38.9 Å². The number of rotatable bonds is 20. The zero-order valence-electron chi connectivity index (χ0n) is 29.5. The lowest BCUT2D eigenvalue weighted by atomic mass is 9.70. The minimum absolute atomic E-state index is 0.0353. The van der Waals surface area contributed by atoms with Crippen LogP contribution < -0.4 is 5.73 Å². The molecule has 2 aromatic heterocycles. The Balaban J connectivity index is 1.27. The van der Waals surface area contributed by atoms with Gasteiger partial charge in [-0.05, 0) is 83.1 Å². The molecule has 3 aromatic carbocycles. The third kappa shape index (κ3) is 8.08. The molecule has 0 atom stereocenters. The number of unbranched alkanes of at least 4 members (excludes halogenated alkanes) is 14. The summed E-state index contributed by atoms with van der Waals surface area (Å²) >= 11 is 3.67. The van der Waals surface area contributed by atoms with E-state index in [-0.39, 0.29) is 5.41 Å². The predicted octanol–water partition coefficient (Wildman–Crippen LogP) is 14.6. The van der Waals surface area contributed by atoms with Crippen molar-refractivity contribution < 1.29 is 0 Å². The minimum Gasteiger partial charge on any atom is -0.399 e. The van der Waals surface area contributed by atoms with Gasteiger partial charge < -0.3 is 5.73 Å². The molecule has 5 aromatic rings. The van der Waals surface area contributed by atoms with Crippen LogP contribution in [0.25, 0.3) is 41.7 Å². The number of nitrogen functional groups attached to an aromatic ring is 1. The number of nitrogens with two attached hydrogens (primary N) is 1. The van der Waals surface area contributed by atoms with Crippen LogP contribution in [0, 0.1) is 0 Å². The number of hydrogen-bond acceptors (Lipinski definition) is 4. The Labute approximate surface area is 298 Å². The zero-order valence-corrected chi connectivity index (χ0v) is 31.1. The van der Waals surface area contributed by atoms with Gasteiger partial charge in [0.2, 0.25) is 0 Å². The smallest absolute Gasteiger partial charge is 0.134 e. The SMILES string of the molecule is CCCCCCCCCCC1(CCCCCCCCCC)c2cc(N)ccc2-c2ccc(-c3ccc(-c4nc5ccccc5s4)s3)cc21. The van der Waals surface area contributed by atoms with Gasteiger partial charge >= 0.3 is 0 Å². The van der Waals surface area contributed by atoms with Gasteiger partial charge in [-0.15, -0.1) is 22.7 Å². The van der Waals surface area contributed by atoms with Gasteiger partial charge in [-0.25, -0.2) is 4.98 Å². The fraction of sp³-hybridized carbons (Fsp3) is 0.477. The van der Waals surface area contributed by atoms with Crippen molar-refractivity contribution in [3.05, 3.63) is 83.9 Å². The van der Waals surface area contributed by atoms with Crippen molar-refractivity contribution >= 4 is 38.6 Å². The van der Waals surface area contributed by atoms with E-state index >= 15 is 0 Å². The molecule has 0 amide bonds. The van der Waals surface area contributed by atoms with Crippen LogP contribution in [0.1, 0.15) is 141 Å². The molecule has 2 nitrogen and oxygen atoms in total. The van der Waals surface area contributed by atoms with E-state index in [1.165, 1.54) is 152 Å². The molecule has 0 saturated heterocycles. The number of para-hydroxylation sites is 1. The molecule has 48 heavy (non-hydrogen) atoms. The molecule has 1 aliphatic rings. The summed E-state index contributed by atoms with van der Waals surface area (Å²) in [5.74, 6) is 0. The van der Waals surface area contributed by atoms with Gasteiger partial charge in [-0.2, -0.15) is 0 Å². The molecule has 0 spiro atoms. The summed E-state index contributed by atoms with van der Waals surface area (Å²) < 4.78 is 1.25. The molecule has 2 N–H and O–H groups in total. The second kappa shape index (κ2) is 17.1. The van der Waals surface area contributed by atoms with E-state index in [4.69, 9.17) is 10.7 Å². The van der Waals surface area contributed by atoms with Crippen molar-refractivity contribution in [2.45, 2.75) is 135 Å². The molecule has 2 heterocycles. The van der Waals surface area contributed by atoms with Crippen molar-refractivity contribution in [2.24, 2.45) is 0 Å². The second-order valence-electron chi connectivity index (χ2n) is 14.2. The van der Waals surface area contributed by atoms with Crippen LogP contribution in [-0.4, -0.2) is 4.98 Å². The van der Waals surface area contributed by atoms with E-state index in [1.807, 2.05) is 11.3 Å². The Morgan fingerprint density at radius 2 is 1.12 bits per heavy atom. The molecular weight excluding hydrogens is 621 g/mol. The highest BCUT2D eigenvalue weighted by atomic mass is 32.1. The summed E-state index contributed by atoms with van der Waals surface area (Å²) in [6, 6.07) is 27.2. The van der Waals surface area contributed by atoms with Crippen LogP contribution in [0.4, 0.5) is 5.69 Å². The first-order valence-electron chi connectivity index (χ1n) is 19.1. The van der Waals surface area contributed by atoms with Gasteiger partial charge in [0.25, 0.3) is 0 Å². The highest BCUT2D eigenvalue weighted by molar-refractivity contribution is 7.26. The molecule has 0 fully saturated rings. The molecular formula is C44H56N2S2. The van der Waals surface area contributed by atoms with E-state index in [0.29, 0.717) is 0 Å². The summed E-state index contributed by atoms with van der Waals surface area (Å²) in [5, 5.41) is 1.12. The van der Waals surface area contributed by atoms with Crippen LogP contribution in [-0.2, 0) is 5.41 Å². The van der Waals surface area contributed by atoms with E-state index in [0.717, 1.165) is 16.2 Å². The maximum Gasteiger partial charge on any atom is 0.134 e. The first kappa shape index (κ1) is 34.9. The fourth-order valence-corrected chi connectivity index (χ4v) is 10.1. The Hall–Kier alpha value is -2.95. The fourth-order valence-electron chi connectivity index (χ4n) is 8.04. The van der Waals surface area contributed by atoms with Crippen molar-refractivity contribution in [1.29, 1.82) is 0 Å². The van der Waals surface area contributed by atoms with Gasteiger partial charge in [0, 0.05) is 16.0 Å². The van der Waals surface area contributed by atoms with E-state index in [9.17, 15) is 0 Å². The minimum atomic E-state index is 0.0353. The number of aromatic nitrogens is 1. The predicted molar refractivity (Wildman–Crippen MR) is 213 cm³/mol. The molecule has 1 aliphatic carbocycles. The monoisotopic (exact) mass is 676 g/mol. The van der Waals surface area contributed by atoms with Gasteiger partial charge in [-0.3, -0.25) is 0 Å². The largest absolute Gasteiger partial charge is 0.399 e. The number of anilines is 1. The third-order valence-corrected chi connectivity index (χ3v) is 13.0.